The third-order valence-corrected chi connectivity index (χ3v) is 4.45. The molecule has 2 heterocycles. The molecule has 0 spiro atoms. The maximum absolute atomic E-state index is 11.7. The summed E-state index contributed by atoms with van der Waals surface area (Å²) in [6.07, 6.45) is 3.27. The van der Waals surface area contributed by atoms with Crippen LogP contribution in [-0.2, 0) is 4.79 Å². The highest BCUT2D eigenvalue weighted by Gasteiger charge is 2.25. The van der Waals surface area contributed by atoms with Crippen LogP contribution in [-0.4, -0.2) is 34.2 Å². The molecule has 1 fully saturated rings. The molecule has 0 unspecified atom stereocenters. The van der Waals surface area contributed by atoms with Gasteiger partial charge in [-0.25, -0.2) is 9.97 Å². The minimum atomic E-state index is -0.353. The van der Waals surface area contributed by atoms with Gasteiger partial charge in [0.05, 0.1) is 10.4 Å². The molecule has 1 aliphatic rings. The molecule has 0 saturated carbocycles. The summed E-state index contributed by atoms with van der Waals surface area (Å²) in [6.45, 7) is 5.85. The first kappa shape index (κ1) is 15.5. The second-order valence-electron chi connectivity index (χ2n) is 5.00. The van der Waals surface area contributed by atoms with Gasteiger partial charge in [0, 0.05) is 18.5 Å². The van der Waals surface area contributed by atoms with Crippen LogP contribution in [0.5, 0.6) is 0 Å². The van der Waals surface area contributed by atoms with Crippen molar-refractivity contribution in [3.05, 3.63) is 35.0 Å². The van der Waals surface area contributed by atoms with Gasteiger partial charge in [0.1, 0.15) is 12.1 Å². The lowest BCUT2D eigenvalue weighted by atomic mass is 10.1. The van der Waals surface area contributed by atoms with Crippen molar-refractivity contribution in [2.75, 3.05) is 18.0 Å². The largest absolute Gasteiger partial charge is 0.357 e. The minimum Gasteiger partial charge on any atom is -0.357 e. The van der Waals surface area contributed by atoms with Crippen molar-refractivity contribution in [1.82, 2.24) is 15.3 Å². The first-order chi connectivity index (χ1) is 11.1. The van der Waals surface area contributed by atoms with Gasteiger partial charge in [0.15, 0.2) is 0 Å². The quantitative estimate of drug-likeness (QED) is 0.870. The summed E-state index contributed by atoms with van der Waals surface area (Å²) in [5, 5.41) is 2.85. The Morgan fingerprint density at radius 2 is 2.00 bits per heavy atom. The highest BCUT2D eigenvalue weighted by molar-refractivity contribution is 8.18. The van der Waals surface area contributed by atoms with E-state index in [1.807, 2.05) is 18.2 Å². The Hall–Kier alpha value is -2.41. The highest BCUT2D eigenvalue weighted by atomic mass is 32.2. The smallest absolute Gasteiger partial charge is 0.290 e. The Morgan fingerprint density at radius 1 is 1.22 bits per heavy atom. The Morgan fingerprint density at radius 3 is 2.65 bits per heavy atom. The number of hydrogen-bond donors (Lipinski definition) is 1. The Bertz CT molecular complexity index is 815. The molecule has 0 bridgehead atoms. The third kappa shape index (κ3) is 3.05. The number of hydrogen-bond acceptors (Lipinski definition) is 6. The van der Waals surface area contributed by atoms with Crippen LogP contribution in [0.4, 0.5) is 10.6 Å². The van der Waals surface area contributed by atoms with Gasteiger partial charge in [-0.3, -0.25) is 14.9 Å². The van der Waals surface area contributed by atoms with E-state index in [-0.39, 0.29) is 11.1 Å². The van der Waals surface area contributed by atoms with E-state index in [1.54, 1.807) is 12.4 Å². The summed E-state index contributed by atoms with van der Waals surface area (Å²) in [5.41, 5.74) is 1.69. The first-order valence-corrected chi connectivity index (χ1v) is 8.18. The van der Waals surface area contributed by atoms with Gasteiger partial charge in [-0.05, 0) is 49.4 Å². The summed E-state index contributed by atoms with van der Waals surface area (Å²) in [7, 11) is 0. The zero-order chi connectivity index (χ0) is 16.4. The molecule has 1 aromatic heterocycles. The van der Waals surface area contributed by atoms with E-state index < -0.39 is 0 Å². The van der Waals surface area contributed by atoms with Crippen LogP contribution < -0.4 is 10.2 Å². The number of aromatic nitrogens is 2. The molecule has 2 aromatic rings. The number of amides is 2. The van der Waals surface area contributed by atoms with Crippen molar-refractivity contribution in [1.29, 1.82) is 0 Å². The average molecular weight is 328 g/mol. The Kier molecular flexibility index (Phi) is 4.29. The average Bonchev–Trinajstić information content (AvgIpc) is 2.86. The monoisotopic (exact) mass is 328 g/mol. The van der Waals surface area contributed by atoms with Crippen LogP contribution in [0, 0.1) is 0 Å². The lowest BCUT2D eigenvalue weighted by Crippen LogP contribution is -2.23. The molecule has 6 nitrogen and oxygen atoms in total. The molecule has 1 saturated heterocycles. The van der Waals surface area contributed by atoms with E-state index in [0.29, 0.717) is 4.91 Å². The number of carbonyl (C=O) groups is 2. The summed E-state index contributed by atoms with van der Waals surface area (Å²) >= 11 is 0.913. The van der Waals surface area contributed by atoms with E-state index in [4.69, 9.17) is 0 Å². The van der Waals surface area contributed by atoms with Gasteiger partial charge < -0.3 is 4.90 Å². The second kappa shape index (κ2) is 6.37. The molecular weight excluding hydrogens is 312 g/mol. The number of thioether (sulfide) groups is 1. The van der Waals surface area contributed by atoms with Gasteiger partial charge in [0.2, 0.25) is 0 Å². The van der Waals surface area contributed by atoms with Crippen LogP contribution >= 0.6 is 11.8 Å². The number of nitrogens with zero attached hydrogens (tertiary/aromatic N) is 3. The van der Waals surface area contributed by atoms with Crippen LogP contribution in [0.25, 0.3) is 17.0 Å². The van der Waals surface area contributed by atoms with E-state index in [2.05, 4.69) is 34.0 Å². The second-order valence-corrected chi connectivity index (χ2v) is 6.01. The van der Waals surface area contributed by atoms with E-state index in [0.717, 1.165) is 47.1 Å². The summed E-state index contributed by atoms with van der Waals surface area (Å²) in [6, 6.07) is 5.73. The zero-order valence-corrected chi connectivity index (χ0v) is 13.7. The molecule has 2 amide bonds. The fourth-order valence-electron chi connectivity index (χ4n) is 2.50. The third-order valence-electron chi connectivity index (χ3n) is 3.64. The molecule has 1 aliphatic heterocycles. The van der Waals surface area contributed by atoms with Crippen molar-refractivity contribution < 1.29 is 9.59 Å². The van der Waals surface area contributed by atoms with E-state index in [1.165, 1.54) is 0 Å². The minimum absolute atomic E-state index is 0.339. The van der Waals surface area contributed by atoms with E-state index in [9.17, 15) is 9.59 Å². The normalized spacial score (nSPS) is 16.2. The van der Waals surface area contributed by atoms with Crippen LogP contribution in [0.3, 0.4) is 0 Å². The molecule has 118 valence electrons. The van der Waals surface area contributed by atoms with Crippen LogP contribution in [0.1, 0.15) is 19.4 Å². The number of carbonyl (C=O) groups excluding carboxylic acids is 2. The predicted molar refractivity (Wildman–Crippen MR) is 92.2 cm³/mol. The van der Waals surface area contributed by atoms with Gasteiger partial charge >= 0.3 is 0 Å². The fraction of sp³-hybridized carbons (Fsp3) is 0.250. The maximum atomic E-state index is 11.7. The summed E-state index contributed by atoms with van der Waals surface area (Å²) in [4.78, 5) is 34.2. The summed E-state index contributed by atoms with van der Waals surface area (Å²) in [5.74, 6) is 0.522. The number of anilines is 1. The van der Waals surface area contributed by atoms with Gasteiger partial charge in [-0.15, -0.1) is 0 Å². The predicted octanol–water partition coefficient (Wildman–Crippen LogP) is 2.80. The van der Waals surface area contributed by atoms with Gasteiger partial charge in [-0.1, -0.05) is 6.07 Å². The van der Waals surface area contributed by atoms with Crippen LogP contribution in [0.15, 0.2) is 29.4 Å². The van der Waals surface area contributed by atoms with Crippen molar-refractivity contribution in [3.8, 4) is 0 Å². The van der Waals surface area contributed by atoms with Gasteiger partial charge in [0.25, 0.3) is 11.1 Å². The van der Waals surface area contributed by atoms with Crippen molar-refractivity contribution in [3.63, 3.8) is 0 Å². The topological polar surface area (TPSA) is 75.2 Å². The maximum Gasteiger partial charge on any atom is 0.290 e. The molecular formula is C16H16N4O2S. The number of imide groups is 1. The number of fused-ring (bicyclic) bond motifs is 1. The zero-order valence-electron chi connectivity index (χ0n) is 12.9. The number of benzene rings is 1. The molecule has 0 radical (unpaired) electrons. The van der Waals surface area contributed by atoms with Crippen molar-refractivity contribution in [2.24, 2.45) is 0 Å². The summed E-state index contributed by atoms with van der Waals surface area (Å²) < 4.78 is 0. The van der Waals surface area contributed by atoms with Crippen molar-refractivity contribution >= 4 is 45.7 Å². The Balaban J connectivity index is 2.07. The number of nitrogens with one attached hydrogen (secondary N) is 1. The molecule has 3 rings (SSSR count). The lowest BCUT2D eigenvalue weighted by molar-refractivity contribution is -0.115. The molecule has 23 heavy (non-hydrogen) atoms. The Labute approximate surface area is 138 Å². The molecule has 0 atom stereocenters. The van der Waals surface area contributed by atoms with Crippen molar-refractivity contribution in [2.45, 2.75) is 13.8 Å². The SMILES string of the molecule is CCN(CC)c1ncnc2ccc(C=C3SC(=O)NC3=O)cc12. The number of rotatable bonds is 4. The van der Waals surface area contributed by atoms with E-state index >= 15 is 0 Å². The molecule has 1 N–H and O–H groups in total. The fourth-order valence-corrected chi connectivity index (χ4v) is 3.18. The lowest BCUT2D eigenvalue weighted by Gasteiger charge is -2.21. The molecule has 7 heteroatoms. The molecule has 0 aliphatic carbocycles. The first-order valence-electron chi connectivity index (χ1n) is 7.37. The van der Waals surface area contributed by atoms with Gasteiger partial charge in [-0.2, -0.15) is 0 Å². The highest BCUT2D eigenvalue weighted by Crippen LogP contribution is 2.28. The standard InChI is InChI=1S/C16H16N4O2S/c1-3-20(4-2)14-11-7-10(5-6-12(11)17-9-18-14)8-13-15(21)19-16(22)23-13/h5-9H,3-4H2,1-2H3,(H,19,21,22). The van der Waals surface area contributed by atoms with Crippen LogP contribution in [0.2, 0.25) is 0 Å². The molecule has 1 aromatic carbocycles.